The van der Waals surface area contributed by atoms with Gasteiger partial charge in [0.25, 0.3) is 6.01 Å². The van der Waals surface area contributed by atoms with Crippen molar-refractivity contribution in [3.63, 3.8) is 0 Å². The van der Waals surface area contributed by atoms with Crippen LogP contribution < -0.4 is 11.1 Å². The minimum absolute atomic E-state index is 0.0181. The molecular formula is C24H26ClN5O2. The summed E-state index contributed by atoms with van der Waals surface area (Å²) in [5, 5.41) is 12.3. The molecule has 1 aliphatic heterocycles. The molecule has 1 aromatic heterocycles. The van der Waals surface area contributed by atoms with Gasteiger partial charge in [-0.1, -0.05) is 41.9 Å². The summed E-state index contributed by atoms with van der Waals surface area (Å²) < 4.78 is 4.88. The monoisotopic (exact) mass is 451 g/mol. The van der Waals surface area contributed by atoms with Gasteiger partial charge in [0.05, 0.1) is 5.02 Å². The number of likely N-dealkylation sites (tertiary alicyclic amines) is 1. The lowest BCUT2D eigenvalue weighted by atomic mass is 9.98. The van der Waals surface area contributed by atoms with Crippen LogP contribution in [0.5, 0.6) is 0 Å². The number of carbonyl (C=O) groups excluding carboxylic acids is 1. The summed E-state index contributed by atoms with van der Waals surface area (Å²) >= 11 is 6.29. The lowest BCUT2D eigenvalue weighted by molar-refractivity contribution is 0.106. The fourth-order valence-electron chi connectivity index (χ4n) is 3.83. The second-order valence-corrected chi connectivity index (χ2v) is 8.53. The summed E-state index contributed by atoms with van der Waals surface area (Å²) in [5.41, 5.74) is 8.56. The lowest BCUT2D eigenvalue weighted by Crippen LogP contribution is -2.40. The molecule has 2 heterocycles. The molecule has 0 aliphatic carbocycles. The van der Waals surface area contributed by atoms with Crippen molar-refractivity contribution >= 4 is 29.1 Å². The predicted octanol–water partition coefficient (Wildman–Crippen LogP) is 4.01. The van der Waals surface area contributed by atoms with Gasteiger partial charge in [0.1, 0.15) is 12.0 Å². The Bertz CT molecular complexity index is 1120. The Morgan fingerprint density at radius 2 is 1.91 bits per heavy atom. The highest BCUT2D eigenvalue weighted by atomic mass is 35.5. The van der Waals surface area contributed by atoms with Gasteiger partial charge in [-0.25, -0.2) is 0 Å². The highest BCUT2D eigenvalue weighted by Gasteiger charge is 2.21. The number of halogens is 1. The van der Waals surface area contributed by atoms with Crippen molar-refractivity contribution in [3.8, 4) is 11.1 Å². The third-order valence-electron chi connectivity index (χ3n) is 5.82. The number of rotatable bonds is 7. The summed E-state index contributed by atoms with van der Waals surface area (Å²) in [7, 11) is 2.17. The third-order valence-corrected chi connectivity index (χ3v) is 6.15. The summed E-state index contributed by atoms with van der Waals surface area (Å²) in [4.78, 5) is 18.7. The van der Waals surface area contributed by atoms with Crippen molar-refractivity contribution < 1.29 is 9.21 Å². The van der Waals surface area contributed by atoms with E-state index in [-0.39, 0.29) is 17.4 Å². The number of benzene rings is 2. The third kappa shape index (κ3) is 5.07. The van der Waals surface area contributed by atoms with E-state index in [0.29, 0.717) is 16.6 Å². The number of hydrogen-bond donors (Lipinski definition) is 3. The van der Waals surface area contributed by atoms with Gasteiger partial charge in [-0.2, -0.15) is 4.98 Å². The van der Waals surface area contributed by atoms with E-state index in [1.807, 2.05) is 18.2 Å². The van der Waals surface area contributed by atoms with Crippen LogP contribution in [-0.2, 0) is 6.54 Å². The summed E-state index contributed by atoms with van der Waals surface area (Å²) in [6.45, 7) is 3.11. The van der Waals surface area contributed by atoms with Gasteiger partial charge >= 0.3 is 0 Å². The molecular weight excluding hydrogens is 426 g/mol. The highest BCUT2D eigenvalue weighted by molar-refractivity contribution is 6.52. The second-order valence-electron chi connectivity index (χ2n) is 8.13. The second kappa shape index (κ2) is 9.65. The van der Waals surface area contributed by atoms with Crippen LogP contribution in [0.3, 0.4) is 0 Å². The molecule has 0 radical (unpaired) electrons. The van der Waals surface area contributed by atoms with Crippen LogP contribution in [0.25, 0.3) is 11.1 Å². The molecule has 8 heteroatoms. The minimum Gasteiger partial charge on any atom is -0.432 e. The van der Waals surface area contributed by atoms with Crippen LogP contribution in [0, 0.1) is 5.41 Å². The standard InChI is InChI=1S/C24H26ClN5O2/c1-30-10-8-18(9-11-30)28-13-15-2-4-16(5-3-15)17-6-7-20(25)19(12-17)22(26)23(31)21-14-32-24(27)29-21/h2-7,12,14,18,26,28H,8-11,13H2,1H3,(H2,27,29). The molecule has 0 bridgehead atoms. The molecule has 166 valence electrons. The molecule has 32 heavy (non-hydrogen) atoms. The van der Waals surface area contributed by atoms with Crippen molar-refractivity contribution in [2.75, 3.05) is 25.9 Å². The minimum atomic E-state index is -0.597. The Hall–Kier alpha value is -3.00. The van der Waals surface area contributed by atoms with Gasteiger partial charge in [0.15, 0.2) is 5.69 Å². The number of carbonyl (C=O) groups is 1. The zero-order valence-corrected chi connectivity index (χ0v) is 18.7. The molecule has 3 aromatic rings. The number of aromatic nitrogens is 1. The van der Waals surface area contributed by atoms with Crippen molar-refractivity contribution in [1.29, 1.82) is 5.41 Å². The van der Waals surface area contributed by atoms with Crippen molar-refractivity contribution in [2.24, 2.45) is 0 Å². The largest absolute Gasteiger partial charge is 0.432 e. The molecule has 4 rings (SSSR count). The van der Waals surface area contributed by atoms with E-state index >= 15 is 0 Å². The molecule has 1 fully saturated rings. The molecule has 0 saturated carbocycles. The molecule has 0 amide bonds. The fraction of sp³-hybridized carbons (Fsp3) is 0.292. The number of hydrogen-bond acceptors (Lipinski definition) is 7. The van der Waals surface area contributed by atoms with Crippen LogP contribution in [-0.4, -0.2) is 47.6 Å². The van der Waals surface area contributed by atoms with Crippen molar-refractivity contribution in [3.05, 3.63) is 70.6 Å². The predicted molar refractivity (Wildman–Crippen MR) is 126 cm³/mol. The molecule has 7 nitrogen and oxygen atoms in total. The first kappa shape index (κ1) is 22.2. The van der Waals surface area contributed by atoms with E-state index < -0.39 is 5.78 Å². The zero-order chi connectivity index (χ0) is 22.7. The average Bonchev–Trinajstić information content (AvgIpc) is 3.25. The first-order valence-corrected chi connectivity index (χ1v) is 10.9. The molecule has 2 aromatic carbocycles. The van der Waals surface area contributed by atoms with E-state index in [4.69, 9.17) is 27.2 Å². The maximum absolute atomic E-state index is 12.6. The van der Waals surface area contributed by atoms with Gasteiger partial charge in [-0.15, -0.1) is 0 Å². The zero-order valence-electron chi connectivity index (χ0n) is 17.9. The number of Topliss-reactive ketones (excluding diaryl/α,β-unsaturated/α-hetero) is 1. The first-order chi connectivity index (χ1) is 15.4. The normalized spacial score (nSPS) is 15.1. The number of ketones is 1. The van der Waals surface area contributed by atoms with Gasteiger partial charge in [-0.05, 0) is 61.8 Å². The molecule has 1 aliphatic rings. The average molecular weight is 452 g/mol. The Balaban J connectivity index is 1.45. The summed E-state index contributed by atoms with van der Waals surface area (Å²) in [6, 6.07) is 14.0. The quantitative estimate of drug-likeness (QED) is 0.370. The molecule has 0 unspecified atom stereocenters. The van der Waals surface area contributed by atoms with Crippen LogP contribution in [0.2, 0.25) is 5.02 Å². The number of piperidine rings is 1. The van der Waals surface area contributed by atoms with Gasteiger partial charge in [0.2, 0.25) is 5.78 Å². The summed E-state index contributed by atoms with van der Waals surface area (Å²) in [5.74, 6) is -0.597. The number of oxazole rings is 1. The lowest BCUT2D eigenvalue weighted by Gasteiger charge is -2.29. The van der Waals surface area contributed by atoms with E-state index in [0.717, 1.165) is 37.0 Å². The Kier molecular flexibility index (Phi) is 6.69. The maximum Gasteiger partial charge on any atom is 0.292 e. The van der Waals surface area contributed by atoms with Gasteiger partial charge < -0.3 is 20.4 Å². The summed E-state index contributed by atoms with van der Waals surface area (Å²) in [6.07, 6.45) is 3.49. The Morgan fingerprint density at radius 1 is 1.22 bits per heavy atom. The van der Waals surface area contributed by atoms with Crippen LogP contribution in [0.1, 0.15) is 34.5 Å². The van der Waals surface area contributed by atoms with Crippen molar-refractivity contribution in [2.45, 2.75) is 25.4 Å². The van der Waals surface area contributed by atoms with E-state index in [2.05, 4.69) is 34.4 Å². The van der Waals surface area contributed by atoms with Crippen molar-refractivity contribution in [1.82, 2.24) is 15.2 Å². The SMILES string of the molecule is CN1CCC(NCc2ccc(-c3ccc(Cl)c(C(=N)C(=O)c4coc(N)n4)c3)cc2)CC1. The van der Waals surface area contributed by atoms with Crippen LogP contribution in [0.4, 0.5) is 6.01 Å². The molecule has 4 N–H and O–H groups in total. The highest BCUT2D eigenvalue weighted by Crippen LogP contribution is 2.27. The smallest absolute Gasteiger partial charge is 0.292 e. The number of anilines is 1. The van der Waals surface area contributed by atoms with Crippen LogP contribution in [0.15, 0.2) is 53.1 Å². The number of nitrogens with one attached hydrogen (secondary N) is 2. The number of nitrogen functional groups attached to an aromatic ring is 1. The first-order valence-electron chi connectivity index (χ1n) is 10.6. The Morgan fingerprint density at radius 3 is 2.56 bits per heavy atom. The number of nitrogens with zero attached hydrogens (tertiary/aromatic N) is 2. The maximum atomic E-state index is 12.6. The van der Waals surface area contributed by atoms with Gasteiger partial charge in [0, 0.05) is 18.2 Å². The van der Waals surface area contributed by atoms with Gasteiger partial charge in [-0.3, -0.25) is 10.2 Å². The fourth-order valence-corrected chi connectivity index (χ4v) is 4.04. The molecule has 0 spiro atoms. The topological polar surface area (TPSA) is 108 Å². The Labute approximate surface area is 192 Å². The van der Waals surface area contributed by atoms with E-state index in [9.17, 15) is 4.79 Å². The van der Waals surface area contributed by atoms with E-state index in [1.54, 1.807) is 12.1 Å². The van der Waals surface area contributed by atoms with E-state index in [1.165, 1.54) is 18.4 Å². The molecule has 0 atom stereocenters. The number of nitrogens with two attached hydrogens (primary N) is 1. The molecule has 1 saturated heterocycles. The van der Waals surface area contributed by atoms with Crippen LogP contribution >= 0.6 is 11.6 Å².